The molecule has 0 radical (unpaired) electrons. The van der Waals surface area contributed by atoms with Crippen molar-refractivity contribution >= 4 is 5.97 Å². The number of aliphatic hydroxyl groups is 1. The van der Waals surface area contributed by atoms with Crippen molar-refractivity contribution in [1.82, 2.24) is 0 Å². The highest BCUT2D eigenvalue weighted by atomic mass is 16.6. The molecule has 0 bridgehead atoms. The minimum absolute atomic E-state index is 0.187. The summed E-state index contributed by atoms with van der Waals surface area (Å²) in [5.41, 5.74) is -0.682. The van der Waals surface area contributed by atoms with Gasteiger partial charge in [0.05, 0.1) is 13.2 Å². The molecule has 0 aromatic heterocycles. The van der Waals surface area contributed by atoms with Crippen molar-refractivity contribution in [3.05, 3.63) is 12.7 Å². The number of aliphatic carboxylic acids is 1. The summed E-state index contributed by atoms with van der Waals surface area (Å²) in [6.07, 6.45) is -0.678. The fraction of sp³-hybridized carbons (Fsp3) is 0.727. The quantitative estimate of drug-likeness (QED) is 0.517. The number of carboxylic acid groups (broad SMARTS) is 1. The van der Waals surface area contributed by atoms with Gasteiger partial charge in [0.15, 0.2) is 12.4 Å². The van der Waals surface area contributed by atoms with Crippen LogP contribution in [0.1, 0.15) is 13.8 Å². The second-order valence-corrected chi connectivity index (χ2v) is 4.57. The predicted octanol–water partition coefficient (Wildman–Crippen LogP) is 0.633. The van der Waals surface area contributed by atoms with Gasteiger partial charge in [-0.3, -0.25) is 0 Å². The molecule has 0 amide bonds. The van der Waals surface area contributed by atoms with Crippen molar-refractivity contribution < 1.29 is 24.5 Å². The Kier molecular flexibility index (Phi) is 4.07. The van der Waals surface area contributed by atoms with Gasteiger partial charge in [0.1, 0.15) is 0 Å². The topological polar surface area (TPSA) is 76.0 Å². The molecule has 0 aromatic rings. The van der Waals surface area contributed by atoms with E-state index in [1.165, 1.54) is 6.08 Å². The predicted molar refractivity (Wildman–Crippen MR) is 56.8 cm³/mol. The molecule has 0 aromatic carbocycles. The number of aliphatic hydroxyl groups excluding tert-OH is 1. The summed E-state index contributed by atoms with van der Waals surface area (Å²) in [5.74, 6) is -1.26. The third-order valence-electron chi connectivity index (χ3n) is 2.77. The summed E-state index contributed by atoms with van der Waals surface area (Å²) >= 11 is 0. The Bertz CT molecular complexity index is 270. The Morgan fingerprint density at radius 3 is 2.50 bits per heavy atom. The van der Waals surface area contributed by atoms with Crippen LogP contribution in [0.4, 0.5) is 0 Å². The third kappa shape index (κ3) is 2.81. The maximum absolute atomic E-state index is 11.0. The Labute approximate surface area is 94.7 Å². The first-order valence-corrected chi connectivity index (χ1v) is 5.16. The molecule has 0 aliphatic carbocycles. The molecular weight excluding hydrogens is 212 g/mol. The molecule has 0 saturated carbocycles. The maximum Gasteiger partial charge on any atom is 0.333 e. The molecule has 92 valence electrons. The lowest BCUT2D eigenvalue weighted by Crippen LogP contribution is -2.47. The molecule has 0 spiro atoms. The zero-order valence-corrected chi connectivity index (χ0v) is 9.55. The SMILES string of the molecule is C=CC(C)(C)C(O)OC(C(=O)O)C1COC1. The smallest absolute Gasteiger partial charge is 0.333 e. The van der Waals surface area contributed by atoms with Crippen molar-refractivity contribution in [3.8, 4) is 0 Å². The Morgan fingerprint density at radius 1 is 1.62 bits per heavy atom. The molecule has 5 nitrogen and oxygen atoms in total. The van der Waals surface area contributed by atoms with Crippen molar-refractivity contribution in [3.63, 3.8) is 0 Å². The van der Waals surface area contributed by atoms with Gasteiger partial charge in [0.25, 0.3) is 0 Å². The summed E-state index contributed by atoms with van der Waals surface area (Å²) < 4.78 is 10.1. The number of hydrogen-bond acceptors (Lipinski definition) is 4. The highest BCUT2D eigenvalue weighted by molar-refractivity contribution is 5.72. The average Bonchev–Trinajstić information content (AvgIpc) is 2.13. The van der Waals surface area contributed by atoms with E-state index in [9.17, 15) is 9.90 Å². The second kappa shape index (κ2) is 4.95. The fourth-order valence-corrected chi connectivity index (χ4v) is 1.21. The van der Waals surface area contributed by atoms with Crippen LogP contribution in [0.5, 0.6) is 0 Å². The normalized spacial score (nSPS) is 20.9. The van der Waals surface area contributed by atoms with Gasteiger partial charge < -0.3 is 19.7 Å². The van der Waals surface area contributed by atoms with Gasteiger partial charge in [-0.2, -0.15) is 0 Å². The highest BCUT2D eigenvalue weighted by Crippen LogP contribution is 2.27. The van der Waals surface area contributed by atoms with Crippen molar-refractivity contribution in [2.45, 2.75) is 26.2 Å². The molecule has 2 unspecified atom stereocenters. The molecule has 5 heteroatoms. The van der Waals surface area contributed by atoms with E-state index in [-0.39, 0.29) is 5.92 Å². The van der Waals surface area contributed by atoms with Crippen LogP contribution in [0.15, 0.2) is 12.7 Å². The monoisotopic (exact) mass is 230 g/mol. The molecule has 16 heavy (non-hydrogen) atoms. The van der Waals surface area contributed by atoms with Crippen LogP contribution < -0.4 is 0 Å². The van der Waals surface area contributed by atoms with Crippen molar-refractivity contribution in [2.75, 3.05) is 13.2 Å². The Hall–Kier alpha value is -0.910. The molecule has 1 heterocycles. The van der Waals surface area contributed by atoms with E-state index in [1.54, 1.807) is 13.8 Å². The Morgan fingerprint density at radius 2 is 2.19 bits per heavy atom. The minimum Gasteiger partial charge on any atom is -0.479 e. The van der Waals surface area contributed by atoms with Crippen LogP contribution >= 0.6 is 0 Å². The standard InChI is InChI=1S/C11H18O5/c1-4-11(2,3)10(14)16-8(9(12)13)7-5-15-6-7/h4,7-8,10,14H,1,5-6H2,2-3H3,(H,12,13). The molecule has 1 rings (SSSR count). The van der Waals surface area contributed by atoms with Crippen LogP contribution in [-0.2, 0) is 14.3 Å². The molecule has 1 aliphatic heterocycles. The zero-order chi connectivity index (χ0) is 12.3. The van der Waals surface area contributed by atoms with Gasteiger partial charge in [-0.25, -0.2) is 4.79 Å². The summed E-state index contributed by atoms with van der Waals surface area (Å²) in [7, 11) is 0. The lowest BCUT2D eigenvalue weighted by Gasteiger charge is -2.35. The van der Waals surface area contributed by atoms with Gasteiger partial charge in [0, 0.05) is 11.3 Å². The number of carboxylic acids is 1. The second-order valence-electron chi connectivity index (χ2n) is 4.57. The summed E-state index contributed by atoms with van der Waals surface area (Å²) in [5, 5.41) is 18.7. The van der Waals surface area contributed by atoms with Gasteiger partial charge in [0.2, 0.25) is 0 Å². The van der Waals surface area contributed by atoms with E-state index in [0.717, 1.165) is 0 Å². The lowest BCUT2D eigenvalue weighted by atomic mass is 9.92. The van der Waals surface area contributed by atoms with E-state index < -0.39 is 23.8 Å². The Balaban J connectivity index is 2.61. The van der Waals surface area contributed by atoms with Crippen LogP contribution in [0.3, 0.4) is 0 Å². The number of carbonyl (C=O) groups is 1. The fourth-order valence-electron chi connectivity index (χ4n) is 1.21. The molecule has 1 saturated heterocycles. The maximum atomic E-state index is 11.0. The molecule has 2 N–H and O–H groups in total. The van der Waals surface area contributed by atoms with E-state index >= 15 is 0 Å². The molecule has 1 aliphatic rings. The van der Waals surface area contributed by atoms with E-state index in [2.05, 4.69) is 6.58 Å². The van der Waals surface area contributed by atoms with Crippen LogP contribution in [-0.4, -0.2) is 41.8 Å². The first kappa shape index (κ1) is 13.2. The number of hydrogen-bond donors (Lipinski definition) is 2. The minimum atomic E-state index is -1.19. The van der Waals surface area contributed by atoms with Gasteiger partial charge in [-0.15, -0.1) is 6.58 Å². The van der Waals surface area contributed by atoms with Crippen LogP contribution in [0.25, 0.3) is 0 Å². The highest BCUT2D eigenvalue weighted by Gasteiger charge is 2.38. The molecule has 2 atom stereocenters. The van der Waals surface area contributed by atoms with Crippen molar-refractivity contribution in [1.29, 1.82) is 0 Å². The van der Waals surface area contributed by atoms with Gasteiger partial charge in [-0.1, -0.05) is 19.9 Å². The van der Waals surface area contributed by atoms with E-state index in [4.69, 9.17) is 14.6 Å². The van der Waals surface area contributed by atoms with Crippen LogP contribution in [0, 0.1) is 11.3 Å². The summed E-state index contributed by atoms with van der Waals surface area (Å²) in [6, 6.07) is 0. The van der Waals surface area contributed by atoms with Crippen LogP contribution in [0.2, 0.25) is 0 Å². The summed E-state index contributed by atoms with van der Waals surface area (Å²) in [6.45, 7) is 7.74. The van der Waals surface area contributed by atoms with Gasteiger partial charge >= 0.3 is 5.97 Å². The molecular formula is C11H18O5. The average molecular weight is 230 g/mol. The van der Waals surface area contributed by atoms with E-state index in [1.807, 2.05) is 0 Å². The van der Waals surface area contributed by atoms with E-state index in [0.29, 0.717) is 13.2 Å². The molecule has 1 fully saturated rings. The lowest BCUT2D eigenvalue weighted by molar-refractivity contribution is -0.224. The van der Waals surface area contributed by atoms with Crippen molar-refractivity contribution in [2.24, 2.45) is 11.3 Å². The third-order valence-corrected chi connectivity index (χ3v) is 2.77. The summed E-state index contributed by atoms with van der Waals surface area (Å²) in [4.78, 5) is 11.0. The largest absolute Gasteiger partial charge is 0.479 e. The number of ether oxygens (including phenoxy) is 2. The number of rotatable bonds is 6. The first-order chi connectivity index (χ1) is 7.38. The first-order valence-electron chi connectivity index (χ1n) is 5.16. The van der Waals surface area contributed by atoms with Gasteiger partial charge in [-0.05, 0) is 0 Å². The zero-order valence-electron chi connectivity index (χ0n) is 9.55.